The van der Waals surface area contributed by atoms with Crippen molar-refractivity contribution in [1.82, 2.24) is 5.32 Å². The normalized spacial score (nSPS) is 13.2. The van der Waals surface area contributed by atoms with Crippen LogP contribution in [0, 0.1) is 0 Å². The van der Waals surface area contributed by atoms with E-state index in [1.165, 1.54) is 11.1 Å². The van der Waals surface area contributed by atoms with Crippen LogP contribution in [-0.2, 0) is 6.54 Å². The van der Waals surface area contributed by atoms with Crippen LogP contribution in [0.25, 0.3) is 11.1 Å². The van der Waals surface area contributed by atoms with Crippen LogP contribution in [0.5, 0.6) is 11.5 Å². The van der Waals surface area contributed by atoms with Crippen LogP contribution in [0.4, 0.5) is 0 Å². The highest BCUT2D eigenvalue weighted by molar-refractivity contribution is 5.68. The lowest BCUT2D eigenvalue weighted by Crippen LogP contribution is -2.15. The summed E-state index contributed by atoms with van der Waals surface area (Å²) >= 11 is 0. The van der Waals surface area contributed by atoms with E-state index in [0.29, 0.717) is 13.2 Å². The minimum atomic E-state index is 0.622. The zero-order valence-electron chi connectivity index (χ0n) is 11.7. The average molecular weight is 269 g/mol. The Labute approximate surface area is 119 Å². The summed E-state index contributed by atoms with van der Waals surface area (Å²) in [5, 5.41) is 3.35. The number of benzene rings is 2. The molecule has 0 aliphatic carbocycles. The molecule has 0 bridgehead atoms. The Bertz CT molecular complexity index is 595. The second kappa shape index (κ2) is 5.97. The lowest BCUT2D eigenvalue weighted by atomic mass is 10.0. The smallest absolute Gasteiger partial charge is 0.161 e. The van der Waals surface area contributed by atoms with Gasteiger partial charge in [0.2, 0.25) is 0 Å². The molecule has 0 fully saturated rings. The Balaban J connectivity index is 1.88. The number of hydrogen-bond acceptors (Lipinski definition) is 3. The van der Waals surface area contributed by atoms with Gasteiger partial charge in [-0.05, 0) is 41.4 Å². The molecule has 3 nitrogen and oxygen atoms in total. The van der Waals surface area contributed by atoms with Crippen molar-refractivity contribution in [2.45, 2.75) is 13.5 Å². The van der Waals surface area contributed by atoms with Crippen molar-refractivity contribution in [3.8, 4) is 22.6 Å². The molecule has 1 heterocycles. The molecule has 1 aliphatic rings. The van der Waals surface area contributed by atoms with Gasteiger partial charge in [-0.25, -0.2) is 0 Å². The van der Waals surface area contributed by atoms with Crippen molar-refractivity contribution >= 4 is 0 Å². The Kier molecular flexibility index (Phi) is 3.88. The van der Waals surface area contributed by atoms with E-state index in [-0.39, 0.29) is 0 Å². The Morgan fingerprint density at radius 2 is 1.75 bits per heavy atom. The van der Waals surface area contributed by atoms with Gasteiger partial charge in [0.25, 0.3) is 0 Å². The summed E-state index contributed by atoms with van der Waals surface area (Å²) in [5.74, 6) is 1.68. The highest BCUT2D eigenvalue weighted by atomic mass is 16.6. The molecular formula is C17H19NO2. The van der Waals surface area contributed by atoms with Crippen molar-refractivity contribution in [2.24, 2.45) is 0 Å². The average Bonchev–Trinajstić information content (AvgIpc) is 2.53. The van der Waals surface area contributed by atoms with Crippen molar-refractivity contribution in [2.75, 3.05) is 19.8 Å². The molecule has 2 aromatic rings. The molecule has 20 heavy (non-hydrogen) atoms. The Hall–Kier alpha value is -2.00. The molecular weight excluding hydrogens is 250 g/mol. The molecule has 3 heteroatoms. The molecule has 1 N–H and O–H groups in total. The molecule has 0 saturated heterocycles. The van der Waals surface area contributed by atoms with Crippen LogP contribution < -0.4 is 14.8 Å². The van der Waals surface area contributed by atoms with E-state index in [1.54, 1.807) is 0 Å². The van der Waals surface area contributed by atoms with Gasteiger partial charge in [0, 0.05) is 6.54 Å². The topological polar surface area (TPSA) is 30.5 Å². The van der Waals surface area contributed by atoms with E-state index in [1.807, 2.05) is 6.07 Å². The number of hydrogen-bond donors (Lipinski definition) is 1. The lowest BCUT2D eigenvalue weighted by molar-refractivity contribution is 0.171. The summed E-state index contributed by atoms with van der Waals surface area (Å²) in [6.07, 6.45) is 0. The standard InChI is InChI=1S/C17H19NO2/c1-2-18-12-13-4-3-5-14(10-13)15-6-7-16-17(11-15)20-9-8-19-16/h3-7,10-11,18H,2,8-9,12H2,1H3. The molecule has 1 aliphatic heterocycles. The van der Waals surface area contributed by atoms with Gasteiger partial charge in [0.15, 0.2) is 11.5 Å². The Morgan fingerprint density at radius 3 is 2.60 bits per heavy atom. The van der Waals surface area contributed by atoms with Gasteiger partial charge in [0.1, 0.15) is 13.2 Å². The second-order valence-electron chi connectivity index (χ2n) is 4.84. The number of ether oxygens (including phenoxy) is 2. The van der Waals surface area contributed by atoms with Gasteiger partial charge in [-0.15, -0.1) is 0 Å². The van der Waals surface area contributed by atoms with Crippen LogP contribution in [0.15, 0.2) is 42.5 Å². The van der Waals surface area contributed by atoms with E-state index < -0.39 is 0 Å². The number of fused-ring (bicyclic) bond motifs is 1. The van der Waals surface area contributed by atoms with Crippen molar-refractivity contribution in [3.05, 3.63) is 48.0 Å². The first-order chi connectivity index (χ1) is 9.86. The van der Waals surface area contributed by atoms with E-state index >= 15 is 0 Å². The minimum Gasteiger partial charge on any atom is -0.486 e. The van der Waals surface area contributed by atoms with Gasteiger partial charge in [-0.2, -0.15) is 0 Å². The summed E-state index contributed by atoms with van der Waals surface area (Å²) in [5.41, 5.74) is 3.66. The summed E-state index contributed by atoms with van der Waals surface area (Å²) in [7, 11) is 0. The van der Waals surface area contributed by atoms with Crippen LogP contribution >= 0.6 is 0 Å². The fourth-order valence-electron chi connectivity index (χ4n) is 2.35. The van der Waals surface area contributed by atoms with E-state index in [9.17, 15) is 0 Å². The highest BCUT2D eigenvalue weighted by Crippen LogP contribution is 2.34. The first kappa shape index (κ1) is 13.0. The predicted molar refractivity (Wildman–Crippen MR) is 80.2 cm³/mol. The van der Waals surface area contributed by atoms with Crippen LogP contribution in [-0.4, -0.2) is 19.8 Å². The Morgan fingerprint density at radius 1 is 0.950 bits per heavy atom. The monoisotopic (exact) mass is 269 g/mol. The van der Waals surface area contributed by atoms with Crippen molar-refractivity contribution in [3.63, 3.8) is 0 Å². The second-order valence-corrected chi connectivity index (χ2v) is 4.84. The third-order valence-electron chi connectivity index (χ3n) is 3.38. The van der Waals surface area contributed by atoms with Gasteiger partial charge in [-0.3, -0.25) is 0 Å². The zero-order chi connectivity index (χ0) is 13.8. The van der Waals surface area contributed by atoms with Crippen LogP contribution in [0.3, 0.4) is 0 Å². The molecule has 0 amide bonds. The summed E-state index contributed by atoms with van der Waals surface area (Å²) in [6.45, 7) is 5.25. The van der Waals surface area contributed by atoms with Crippen molar-refractivity contribution < 1.29 is 9.47 Å². The van der Waals surface area contributed by atoms with Gasteiger partial charge >= 0.3 is 0 Å². The largest absolute Gasteiger partial charge is 0.486 e. The number of nitrogens with one attached hydrogen (secondary N) is 1. The maximum Gasteiger partial charge on any atom is 0.161 e. The highest BCUT2D eigenvalue weighted by Gasteiger charge is 2.12. The fourth-order valence-corrected chi connectivity index (χ4v) is 2.35. The third kappa shape index (κ3) is 2.78. The molecule has 0 radical (unpaired) electrons. The molecule has 0 spiro atoms. The first-order valence-electron chi connectivity index (χ1n) is 7.06. The molecule has 104 valence electrons. The van der Waals surface area contributed by atoms with E-state index in [0.717, 1.165) is 30.2 Å². The summed E-state index contributed by atoms with van der Waals surface area (Å²) < 4.78 is 11.2. The maximum atomic E-state index is 5.64. The van der Waals surface area contributed by atoms with E-state index in [2.05, 4.69) is 48.6 Å². The lowest BCUT2D eigenvalue weighted by Gasteiger charge is -2.19. The number of rotatable bonds is 4. The summed E-state index contributed by atoms with van der Waals surface area (Å²) in [6, 6.07) is 14.7. The van der Waals surface area contributed by atoms with Crippen LogP contribution in [0.2, 0.25) is 0 Å². The SMILES string of the molecule is CCNCc1cccc(-c2ccc3c(c2)OCCO3)c1. The zero-order valence-corrected chi connectivity index (χ0v) is 11.7. The molecule has 0 atom stereocenters. The van der Waals surface area contributed by atoms with Gasteiger partial charge < -0.3 is 14.8 Å². The quantitative estimate of drug-likeness (QED) is 0.924. The van der Waals surface area contributed by atoms with Gasteiger partial charge in [0.05, 0.1) is 0 Å². The van der Waals surface area contributed by atoms with E-state index in [4.69, 9.17) is 9.47 Å². The third-order valence-corrected chi connectivity index (χ3v) is 3.38. The molecule has 0 saturated carbocycles. The molecule has 0 unspecified atom stereocenters. The molecule has 3 rings (SSSR count). The molecule has 2 aromatic carbocycles. The fraction of sp³-hybridized carbons (Fsp3) is 0.294. The first-order valence-corrected chi connectivity index (χ1v) is 7.06. The minimum absolute atomic E-state index is 0.622. The van der Waals surface area contributed by atoms with Crippen molar-refractivity contribution in [1.29, 1.82) is 0 Å². The van der Waals surface area contributed by atoms with Crippen LogP contribution in [0.1, 0.15) is 12.5 Å². The molecule has 0 aromatic heterocycles. The maximum absolute atomic E-state index is 5.64. The van der Waals surface area contributed by atoms with Gasteiger partial charge in [-0.1, -0.05) is 31.2 Å². The summed E-state index contributed by atoms with van der Waals surface area (Å²) in [4.78, 5) is 0. The predicted octanol–water partition coefficient (Wildman–Crippen LogP) is 3.23.